The Bertz CT molecular complexity index is 1880. The summed E-state index contributed by atoms with van der Waals surface area (Å²) in [5.41, 5.74) is 7.11. The molecule has 7 rings (SSSR count). The summed E-state index contributed by atoms with van der Waals surface area (Å²) >= 11 is 0. The highest BCUT2D eigenvalue weighted by molar-refractivity contribution is 6.24. The van der Waals surface area contributed by atoms with Gasteiger partial charge in [0, 0.05) is 17.1 Å². The molecule has 180 valence electrons. The summed E-state index contributed by atoms with van der Waals surface area (Å²) in [5, 5.41) is 7.91. The number of rotatable bonds is 5. The van der Waals surface area contributed by atoms with Crippen LogP contribution >= 0.6 is 0 Å². The molecule has 0 aliphatic heterocycles. The second kappa shape index (κ2) is 9.21. The predicted molar refractivity (Wildman–Crippen MR) is 165 cm³/mol. The molecular weight excluding hydrogens is 458 g/mol. The van der Waals surface area contributed by atoms with Crippen molar-refractivity contribution in [2.75, 3.05) is 4.90 Å². The Hall–Kier alpha value is -4.88. The van der Waals surface area contributed by atoms with Crippen LogP contribution in [0.3, 0.4) is 0 Å². The zero-order valence-electron chi connectivity index (χ0n) is 21.3. The standard InChI is InChI=1S/C37H27N/c1-26-10-21-33(22-11-26)38(32-8-3-2-4-9-32)34-23-13-27(14-24-34)12-15-28-16-17-31-19-18-29-6-5-7-30-20-25-35(28)37(31)36(29)30/h2-25H,1H3/b15-12-. The van der Waals surface area contributed by atoms with Crippen molar-refractivity contribution in [3.8, 4) is 0 Å². The van der Waals surface area contributed by atoms with Gasteiger partial charge < -0.3 is 4.90 Å². The number of benzene rings is 7. The number of aryl methyl sites for hydroxylation is 1. The normalized spacial score (nSPS) is 11.7. The minimum absolute atomic E-state index is 1.14. The predicted octanol–water partition coefficient (Wildman–Crippen LogP) is 10.5. The van der Waals surface area contributed by atoms with Crippen molar-refractivity contribution in [3.63, 3.8) is 0 Å². The molecule has 0 amide bonds. The Balaban J connectivity index is 1.25. The van der Waals surface area contributed by atoms with E-state index < -0.39 is 0 Å². The fourth-order valence-corrected chi connectivity index (χ4v) is 5.54. The Morgan fingerprint density at radius 1 is 0.447 bits per heavy atom. The Kier molecular flexibility index (Phi) is 5.41. The van der Waals surface area contributed by atoms with Crippen LogP contribution in [-0.2, 0) is 0 Å². The maximum Gasteiger partial charge on any atom is 0.0462 e. The average Bonchev–Trinajstić information content (AvgIpc) is 2.97. The summed E-state index contributed by atoms with van der Waals surface area (Å²) in [6.07, 6.45) is 4.46. The molecule has 0 saturated heterocycles. The molecule has 7 aromatic carbocycles. The van der Waals surface area contributed by atoms with E-state index in [1.54, 1.807) is 0 Å². The van der Waals surface area contributed by atoms with Gasteiger partial charge in [-0.3, -0.25) is 0 Å². The summed E-state index contributed by atoms with van der Waals surface area (Å²) in [7, 11) is 0. The van der Waals surface area contributed by atoms with E-state index in [0.717, 1.165) is 17.1 Å². The zero-order chi connectivity index (χ0) is 25.5. The molecule has 0 heterocycles. The molecule has 0 bridgehead atoms. The van der Waals surface area contributed by atoms with E-state index in [-0.39, 0.29) is 0 Å². The second-order valence-electron chi connectivity index (χ2n) is 9.94. The lowest BCUT2D eigenvalue weighted by atomic mass is 9.92. The van der Waals surface area contributed by atoms with Gasteiger partial charge in [0.15, 0.2) is 0 Å². The Morgan fingerprint density at radius 3 is 1.74 bits per heavy atom. The van der Waals surface area contributed by atoms with Gasteiger partial charge in [-0.2, -0.15) is 0 Å². The summed E-state index contributed by atoms with van der Waals surface area (Å²) in [6.45, 7) is 2.12. The molecule has 38 heavy (non-hydrogen) atoms. The summed E-state index contributed by atoms with van der Waals surface area (Å²) in [5.74, 6) is 0. The van der Waals surface area contributed by atoms with E-state index >= 15 is 0 Å². The lowest BCUT2D eigenvalue weighted by Crippen LogP contribution is -2.09. The molecule has 0 radical (unpaired) electrons. The van der Waals surface area contributed by atoms with Crippen LogP contribution in [0.1, 0.15) is 16.7 Å². The summed E-state index contributed by atoms with van der Waals surface area (Å²) in [4.78, 5) is 2.30. The number of anilines is 3. The average molecular weight is 486 g/mol. The van der Waals surface area contributed by atoms with Crippen molar-refractivity contribution >= 4 is 61.5 Å². The molecule has 0 aliphatic rings. The van der Waals surface area contributed by atoms with Crippen molar-refractivity contribution < 1.29 is 0 Å². The van der Waals surface area contributed by atoms with Crippen LogP contribution in [0.15, 0.2) is 133 Å². The largest absolute Gasteiger partial charge is 0.311 e. The third-order valence-electron chi connectivity index (χ3n) is 7.48. The Morgan fingerprint density at radius 2 is 1.03 bits per heavy atom. The van der Waals surface area contributed by atoms with E-state index in [1.807, 2.05) is 0 Å². The fourth-order valence-electron chi connectivity index (χ4n) is 5.54. The third-order valence-corrected chi connectivity index (χ3v) is 7.48. The van der Waals surface area contributed by atoms with E-state index in [9.17, 15) is 0 Å². The Labute approximate surface area is 223 Å². The molecule has 0 aromatic heterocycles. The minimum Gasteiger partial charge on any atom is -0.311 e. The highest BCUT2D eigenvalue weighted by Crippen LogP contribution is 2.37. The smallest absolute Gasteiger partial charge is 0.0462 e. The number of para-hydroxylation sites is 1. The highest BCUT2D eigenvalue weighted by Gasteiger charge is 2.12. The van der Waals surface area contributed by atoms with Gasteiger partial charge in [-0.1, -0.05) is 115 Å². The first-order chi connectivity index (χ1) is 18.7. The van der Waals surface area contributed by atoms with E-state index in [4.69, 9.17) is 0 Å². The van der Waals surface area contributed by atoms with Crippen molar-refractivity contribution in [3.05, 3.63) is 150 Å². The maximum absolute atomic E-state index is 2.30. The van der Waals surface area contributed by atoms with Crippen LogP contribution < -0.4 is 4.90 Å². The van der Waals surface area contributed by atoms with E-state index in [1.165, 1.54) is 49.0 Å². The molecule has 0 N–H and O–H groups in total. The highest BCUT2D eigenvalue weighted by atomic mass is 15.1. The van der Waals surface area contributed by atoms with Crippen molar-refractivity contribution in [1.29, 1.82) is 0 Å². The van der Waals surface area contributed by atoms with Gasteiger partial charge in [-0.25, -0.2) is 0 Å². The zero-order valence-corrected chi connectivity index (χ0v) is 21.3. The number of nitrogens with zero attached hydrogens (tertiary/aromatic N) is 1. The molecule has 1 heteroatoms. The van der Waals surface area contributed by atoms with Crippen molar-refractivity contribution in [1.82, 2.24) is 0 Å². The first-order valence-corrected chi connectivity index (χ1v) is 13.1. The summed E-state index contributed by atoms with van der Waals surface area (Å²) in [6, 6.07) is 48.1. The maximum atomic E-state index is 2.30. The third kappa shape index (κ3) is 3.90. The molecule has 0 unspecified atom stereocenters. The van der Waals surface area contributed by atoms with Gasteiger partial charge in [0.05, 0.1) is 0 Å². The molecule has 0 fully saturated rings. The molecule has 7 aromatic rings. The monoisotopic (exact) mass is 485 g/mol. The topological polar surface area (TPSA) is 3.24 Å². The van der Waals surface area contributed by atoms with Gasteiger partial charge in [0.1, 0.15) is 0 Å². The second-order valence-corrected chi connectivity index (χ2v) is 9.94. The quantitative estimate of drug-likeness (QED) is 0.173. The number of hydrogen-bond donors (Lipinski definition) is 0. The van der Waals surface area contributed by atoms with Gasteiger partial charge in [-0.05, 0) is 86.8 Å². The first-order valence-electron chi connectivity index (χ1n) is 13.1. The van der Waals surface area contributed by atoms with Crippen LogP contribution in [0.2, 0.25) is 0 Å². The molecule has 0 spiro atoms. The lowest BCUT2D eigenvalue weighted by Gasteiger charge is -2.25. The molecule has 0 atom stereocenters. The fraction of sp³-hybridized carbons (Fsp3) is 0.0270. The summed E-state index contributed by atoms with van der Waals surface area (Å²) < 4.78 is 0. The van der Waals surface area contributed by atoms with Gasteiger partial charge in [-0.15, -0.1) is 0 Å². The molecule has 0 aliphatic carbocycles. The van der Waals surface area contributed by atoms with Crippen LogP contribution in [0.4, 0.5) is 17.1 Å². The van der Waals surface area contributed by atoms with E-state index in [0.29, 0.717) is 0 Å². The van der Waals surface area contributed by atoms with Gasteiger partial charge >= 0.3 is 0 Å². The van der Waals surface area contributed by atoms with Crippen molar-refractivity contribution in [2.24, 2.45) is 0 Å². The van der Waals surface area contributed by atoms with E-state index in [2.05, 4.69) is 157 Å². The van der Waals surface area contributed by atoms with Gasteiger partial charge in [0.2, 0.25) is 0 Å². The number of hydrogen-bond acceptors (Lipinski definition) is 1. The minimum atomic E-state index is 1.14. The van der Waals surface area contributed by atoms with Crippen LogP contribution in [0.25, 0.3) is 44.5 Å². The first kappa shape index (κ1) is 22.3. The molecular formula is C37H27N. The van der Waals surface area contributed by atoms with Crippen LogP contribution in [0.5, 0.6) is 0 Å². The van der Waals surface area contributed by atoms with Crippen LogP contribution in [-0.4, -0.2) is 0 Å². The van der Waals surface area contributed by atoms with Gasteiger partial charge in [0.25, 0.3) is 0 Å². The van der Waals surface area contributed by atoms with Crippen LogP contribution in [0, 0.1) is 6.92 Å². The molecule has 0 saturated carbocycles. The lowest BCUT2D eigenvalue weighted by molar-refractivity contribution is 1.27. The van der Waals surface area contributed by atoms with Crippen molar-refractivity contribution in [2.45, 2.75) is 6.92 Å². The SMILES string of the molecule is Cc1ccc(N(c2ccccc2)c2ccc(/C=C\c3ccc4ccc5cccc6ccc3c4c56)cc2)cc1. The molecule has 1 nitrogen and oxygen atoms in total.